The summed E-state index contributed by atoms with van der Waals surface area (Å²) in [5.74, 6) is 0.430. The van der Waals surface area contributed by atoms with Crippen LogP contribution >= 0.6 is 27.3 Å². The van der Waals surface area contributed by atoms with E-state index in [0.29, 0.717) is 12.5 Å². The summed E-state index contributed by atoms with van der Waals surface area (Å²) in [6, 6.07) is 16.7. The first-order valence-corrected chi connectivity index (χ1v) is 8.64. The molecule has 3 rings (SSSR count). The molecule has 2 nitrogen and oxygen atoms in total. The Kier molecular flexibility index (Phi) is 4.68. The zero-order valence-electron chi connectivity index (χ0n) is 11.6. The number of hydrogen-bond acceptors (Lipinski definition) is 3. The average molecular weight is 361 g/mol. The standard InChI is InChI=1S/C17H17BrN2S/c18-14-5-3-4-12(9-14)8-13(11-19)10-17-20-15-6-1-2-7-16(15)21-17/h1-7,9,13H,8,10-11,19H2. The zero-order chi connectivity index (χ0) is 14.7. The number of para-hydroxylation sites is 1. The number of halogens is 1. The van der Waals surface area contributed by atoms with E-state index in [1.807, 2.05) is 6.07 Å². The molecule has 0 saturated heterocycles. The van der Waals surface area contributed by atoms with E-state index in [0.717, 1.165) is 22.8 Å². The molecule has 0 spiro atoms. The fourth-order valence-corrected chi connectivity index (χ4v) is 4.02. The highest BCUT2D eigenvalue weighted by Crippen LogP contribution is 2.25. The van der Waals surface area contributed by atoms with Crippen LogP contribution in [-0.2, 0) is 12.8 Å². The molecular weight excluding hydrogens is 344 g/mol. The molecule has 4 heteroatoms. The maximum atomic E-state index is 5.97. The highest BCUT2D eigenvalue weighted by molar-refractivity contribution is 9.10. The number of rotatable bonds is 5. The summed E-state index contributed by atoms with van der Waals surface area (Å²) in [5, 5.41) is 1.18. The molecule has 0 amide bonds. The summed E-state index contributed by atoms with van der Waals surface area (Å²) in [7, 11) is 0. The Morgan fingerprint density at radius 1 is 1.10 bits per heavy atom. The summed E-state index contributed by atoms with van der Waals surface area (Å²) >= 11 is 5.30. The Hall–Kier alpha value is -1.23. The number of aromatic nitrogens is 1. The first-order chi connectivity index (χ1) is 10.2. The van der Waals surface area contributed by atoms with E-state index < -0.39 is 0 Å². The van der Waals surface area contributed by atoms with E-state index in [9.17, 15) is 0 Å². The lowest BCUT2D eigenvalue weighted by atomic mass is 9.96. The van der Waals surface area contributed by atoms with Gasteiger partial charge in [-0.05, 0) is 48.7 Å². The molecule has 0 aliphatic carbocycles. The van der Waals surface area contributed by atoms with Gasteiger partial charge in [-0.25, -0.2) is 4.98 Å². The fraction of sp³-hybridized carbons (Fsp3) is 0.235. The summed E-state index contributed by atoms with van der Waals surface area (Å²) < 4.78 is 2.38. The summed E-state index contributed by atoms with van der Waals surface area (Å²) in [5.41, 5.74) is 8.38. The van der Waals surface area contributed by atoms with Gasteiger partial charge in [0.15, 0.2) is 0 Å². The van der Waals surface area contributed by atoms with Crippen LogP contribution in [0.15, 0.2) is 53.0 Å². The molecule has 0 aliphatic heterocycles. The fourth-order valence-electron chi connectivity index (χ4n) is 2.49. The average Bonchev–Trinajstić information content (AvgIpc) is 2.89. The monoisotopic (exact) mass is 360 g/mol. The highest BCUT2D eigenvalue weighted by Gasteiger charge is 2.12. The van der Waals surface area contributed by atoms with Gasteiger partial charge in [-0.3, -0.25) is 0 Å². The van der Waals surface area contributed by atoms with E-state index in [-0.39, 0.29) is 0 Å². The van der Waals surface area contributed by atoms with Crippen molar-refractivity contribution in [2.75, 3.05) is 6.54 Å². The van der Waals surface area contributed by atoms with Crippen molar-refractivity contribution in [1.29, 1.82) is 0 Å². The van der Waals surface area contributed by atoms with Crippen molar-refractivity contribution in [3.8, 4) is 0 Å². The smallest absolute Gasteiger partial charge is 0.0941 e. The normalized spacial score (nSPS) is 12.7. The summed E-state index contributed by atoms with van der Waals surface area (Å²) in [4.78, 5) is 4.71. The molecule has 0 aliphatic rings. The summed E-state index contributed by atoms with van der Waals surface area (Å²) in [6.45, 7) is 0.683. The van der Waals surface area contributed by atoms with Gasteiger partial charge < -0.3 is 5.73 Å². The lowest BCUT2D eigenvalue weighted by molar-refractivity contribution is 0.532. The van der Waals surface area contributed by atoms with Crippen molar-refractivity contribution in [1.82, 2.24) is 4.98 Å². The van der Waals surface area contributed by atoms with Crippen LogP contribution in [0.1, 0.15) is 10.6 Å². The highest BCUT2D eigenvalue weighted by atomic mass is 79.9. The predicted molar refractivity (Wildman–Crippen MR) is 93.7 cm³/mol. The van der Waals surface area contributed by atoms with Gasteiger partial charge in [0, 0.05) is 10.9 Å². The molecule has 0 bridgehead atoms. The first-order valence-electron chi connectivity index (χ1n) is 7.03. The van der Waals surface area contributed by atoms with Crippen molar-refractivity contribution in [3.05, 3.63) is 63.6 Å². The maximum absolute atomic E-state index is 5.97. The predicted octanol–water partition coefficient (Wildman–Crippen LogP) is 4.42. The third kappa shape index (κ3) is 3.70. The van der Waals surface area contributed by atoms with Crippen molar-refractivity contribution in [3.63, 3.8) is 0 Å². The van der Waals surface area contributed by atoms with E-state index in [2.05, 4.69) is 58.4 Å². The van der Waals surface area contributed by atoms with Crippen LogP contribution in [0.25, 0.3) is 10.2 Å². The van der Waals surface area contributed by atoms with E-state index in [4.69, 9.17) is 10.7 Å². The Balaban J connectivity index is 1.74. The van der Waals surface area contributed by atoms with Crippen LogP contribution in [0.3, 0.4) is 0 Å². The van der Waals surface area contributed by atoms with Crippen LogP contribution < -0.4 is 5.73 Å². The SMILES string of the molecule is NCC(Cc1cccc(Br)c1)Cc1nc2ccccc2s1. The molecular formula is C17H17BrN2S. The van der Waals surface area contributed by atoms with E-state index >= 15 is 0 Å². The minimum absolute atomic E-state index is 0.430. The maximum Gasteiger partial charge on any atom is 0.0941 e. The second-order valence-corrected chi connectivity index (χ2v) is 7.25. The topological polar surface area (TPSA) is 38.9 Å². The van der Waals surface area contributed by atoms with Crippen LogP contribution in [0.2, 0.25) is 0 Å². The molecule has 1 aromatic heterocycles. The molecule has 108 valence electrons. The van der Waals surface area contributed by atoms with Crippen LogP contribution in [0.4, 0.5) is 0 Å². The quantitative estimate of drug-likeness (QED) is 0.731. The van der Waals surface area contributed by atoms with Gasteiger partial charge in [0.25, 0.3) is 0 Å². The molecule has 0 radical (unpaired) electrons. The number of nitrogens with two attached hydrogens (primary N) is 1. The second-order valence-electron chi connectivity index (χ2n) is 5.22. The Morgan fingerprint density at radius 3 is 2.71 bits per heavy atom. The Bertz CT molecular complexity index is 705. The third-order valence-electron chi connectivity index (χ3n) is 3.55. The molecule has 0 fully saturated rings. The van der Waals surface area contributed by atoms with Gasteiger partial charge in [-0.15, -0.1) is 11.3 Å². The van der Waals surface area contributed by atoms with Gasteiger partial charge in [-0.2, -0.15) is 0 Å². The Morgan fingerprint density at radius 2 is 1.95 bits per heavy atom. The van der Waals surface area contributed by atoms with Gasteiger partial charge >= 0.3 is 0 Å². The van der Waals surface area contributed by atoms with Crippen LogP contribution in [0.5, 0.6) is 0 Å². The van der Waals surface area contributed by atoms with Crippen LogP contribution in [-0.4, -0.2) is 11.5 Å². The molecule has 0 saturated carbocycles. The third-order valence-corrected chi connectivity index (χ3v) is 5.10. The first kappa shape index (κ1) is 14.7. The van der Waals surface area contributed by atoms with Crippen molar-refractivity contribution < 1.29 is 0 Å². The Labute approximate surface area is 137 Å². The largest absolute Gasteiger partial charge is 0.330 e. The molecule has 3 aromatic rings. The zero-order valence-corrected chi connectivity index (χ0v) is 14.0. The second kappa shape index (κ2) is 6.69. The van der Waals surface area contributed by atoms with Crippen molar-refractivity contribution in [2.24, 2.45) is 11.7 Å². The van der Waals surface area contributed by atoms with Crippen LogP contribution in [0, 0.1) is 5.92 Å². The van der Waals surface area contributed by atoms with E-state index in [1.54, 1.807) is 11.3 Å². The van der Waals surface area contributed by atoms with Gasteiger partial charge in [0.05, 0.1) is 15.2 Å². The lowest BCUT2D eigenvalue weighted by Crippen LogP contribution is -2.19. The summed E-state index contributed by atoms with van der Waals surface area (Å²) in [6.07, 6.45) is 1.94. The molecule has 1 heterocycles. The molecule has 2 N–H and O–H groups in total. The molecule has 2 aromatic carbocycles. The number of hydrogen-bond donors (Lipinski definition) is 1. The number of nitrogens with zero attached hydrogens (tertiary/aromatic N) is 1. The number of benzene rings is 2. The molecule has 1 unspecified atom stereocenters. The van der Waals surface area contributed by atoms with Gasteiger partial charge in [0.1, 0.15) is 0 Å². The molecule has 21 heavy (non-hydrogen) atoms. The number of thiazole rings is 1. The minimum Gasteiger partial charge on any atom is -0.330 e. The van der Waals surface area contributed by atoms with Gasteiger partial charge in [0.2, 0.25) is 0 Å². The van der Waals surface area contributed by atoms with E-state index in [1.165, 1.54) is 15.3 Å². The number of fused-ring (bicyclic) bond motifs is 1. The van der Waals surface area contributed by atoms with Crippen molar-refractivity contribution in [2.45, 2.75) is 12.8 Å². The van der Waals surface area contributed by atoms with Crippen molar-refractivity contribution >= 4 is 37.5 Å². The van der Waals surface area contributed by atoms with Gasteiger partial charge in [-0.1, -0.05) is 40.2 Å². The minimum atomic E-state index is 0.430. The lowest BCUT2D eigenvalue weighted by Gasteiger charge is -2.13. The molecule has 1 atom stereocenters.